The van der Waals surface area contributed by atoms with Crippen molar-refractivity contribution in [2.24, 2.45) is 11.1 Å². The quantitative estimate of drug-likeness (QED) is 0.839. The zero-order valence-electron chi connectivity index (χ0n) is 13.0. The number of benzene rings is 1. The van der Waals surface area contributed by atoms with E-state index in [2.05, 4.69) is 5.16 Å². The van der Waals surface area contributed by atoms with E-state index in [9.17, 15) is 13.6 Å². The summed E-state index contributed by atoms with van der Waals surface area (Å²) in [5.41, 5.74) is 0.619. The maximum Gasteiger partial charge on any atom is 0.226 e. The smallest absolute Gasteiger partial charge is 0.226 e. The molecular weight excluding hydrogens is 290 g/mol. The molecule has 0 spiro atoms. The van der Waals surface area contributed by atoms with Gasteiger partial charge in [0, 0.05) is 31.6 Å². The van der Waals surface area contributed by atoms with E-state index in [-0.39, 0.29) is 17.9 Å². The Balaban J connectivity index is 1.93. The molecule has 0 saturated heterocycles. The Morgan fingerprint density at radius 1 is 1.45 bits per heavy atom. The summed E-state index contributed by atoms with van der Waals surface area (Å²) in [4.78, 5) is 18.9. The van der Waals surface area contributed by atoms with Gasteiger partial charge in [0.25, 0.3) is 0 Å². The SMILES string of the molecule is CC(C)CN(C)C(=O)CC1CC(c2ccc(F)cc2F)=NO1. The number of halogens is 2. The molecule has 0 bridgehead atoms. The summed E-state index contributed by atoms with van der Waals surface area (Å²) in [6.07, 6.45) is 0.129. The minimum absolute atomic E-state index is 0.0327. The van der Waals surface area contributed by atoms with Gasteiger partial charge in [0.1, 0.15) is 17.7 Å². The number of nitrogens with zero attached hydrogens (tertiary/aromatic N) is 2. The molecule has 1 heterocycles. The number of hydrogen-bond donors (Lipinski definition) is 0. The molecule has 6 heteroatoms. The Bertz CT molecular complexity index is 588. The summed E-state index contributed by atoms with van der Waals surface area (Å²) in [5, 5.41) is 3.83. The van der Waals surface area contributed by atoms with Crippen molar-refractivity contribution in [3.63, 3.8) is 0 Å². The predicted octanol–water partition coefficient (Wildman–Crippen LogP) is 2.96. The van der Waals surface area contributed by atoms with E-state index in [1.165, 1.54) is 12.1 Å². The van der Waals surface area contributed by atoms with Gasteiger partial charge >= 0.3 is 0 Å². The first-order valence-corrected chi connectivity index (χ1v) is 7.29. The van der Waals surface area contributed by atoms with Gasteiger partial charge in [0.2, 0.25) is 5.91 Å². The highest BCUT2D eigenvalue weighted by atomic mass is 19.1. The Morgan fingerprint density at radius 2 is 2.18 bits per heavy atom. The molecule has 1 aliphatic rings. The van der Waals surface area contributed by atoms with Crippen LogP contribution in [0.2, 0.25) is 0 Å². The van der Waals surface area contributed by atoms with Crippen LogP contribution in [0, 0.1) is 17.6 Å². The number of hydrogen-bond acceptors (Lipinski definition) is 3. The van der Waals surface area contributed by atoms with E-state index in [4.69, 9.17) is 4.84 Å². The lowest BCUT2D eigenvalue weighted by atomic mass is 10.0. The molecule has 1 amide bonds. The van der Waals surface area contributed by atoms with Gasteiger partial charge in [-0.25, -0.2) is 8.78 Å². The standard InChI is InChI=1S/C16H20F2N2O2/c1-10(2)9-20(3)16(21)8-12-7-15(19-22-12)13-5-4-11(17)6-14(13)18/h4-6,10,12H,7-9H2,1-3H3. The molecule has 0 saturated carbocycles. The second kappa shape index (κ2) is 6.85. The van der Waals surface area contributed by atoms with E-state index < -0.39 is 17.7 Å². The average molecular weight is 310 g/mol. The summed E-state index contributed by atoms with van der Waals surface area (Å²) in [6.45, 7) is 4.74. The molecule has 4 nitrogen and oxygen atoms in total. The van der Waals surface area contributed by atoms with Crippen molar-refractivity contribution in [1.29, 1.82) is 0 Å². The number of carbonyl (C=O) groups is 1. The van der Waals surface area contributed by atoms with Crippen molar-refractivity contribution in [3.8, 4) is 0 Å². The number of rotatable bonds is 5. The maximum atomic E-state index is 13.7. The largest absolute Gasteiger partial charge is 0.391 e. The minimum Gasteiger partial charge on any atom is -0.391 e. The molecule has 1 aromatic carbocycles. The molecule has 0 aromatic heterocycles. The zero-order chi connectivity index (χ0) is 16.3. The number of oxime groups is 1. The van der Waals surface area contributed by atoms with E-state index >= 15 is 0 Å². The fraction of sp³-hybridized carbons (Fsp3) is 0.500. The molecule has 120 valence electrons. The van der Waals surface area contributed by atoms with Gasteiger partial charge < -0.3 is 9.74 Å². The van der Waals surface area contributed by atoms with Gasteiger partial charge in [-0.05, 0) is 18.1 Å². The Labute approximate surface area is 128 Å². The molecule has 0 fully saturated rings. The third-order valence-corrected chi connectivity index (χ3v) is 3.44. The topological polar surface area (TPSA) is 41.9 Å². The summed E-state index contributed by atoms with van der Waals surface area (Å²) in [7, 11) is 1.75. The molecule has 0 N–H and O–H groups in total. The second-order valence-electron chi connectivity index (χ2n) is 5.97. The van der Waals surface area contributed by atoms with Crippen molar-refractivity contribution in [2.45, 2.75) is 32.8 Å². The van der Waals surface area contributed by atoms with E-state index in [0.717, 1.165) is 6.07 Å². The van der Waals surface area contributed by atoms with Crippen molar-refractivity contribution >= 4 is 11.6 Å². The predicted molar refractivity (Wildman–Crippen MR) is 79.5 cm³/mol. The summed E-state index contributed by atoms with van der Waals surface area (Å²) in [6, 6.07) is 3.32. The normalized spacial score (nSPS) is 17.4. The molecule has 0 radical (unpaired) electrons. The molecule has 1 unspecified atom stereocenters. The van der Waals surface area contributed by atoms with Crippen LogP contribution in [-0.4, -0.2) is 36.2 Å². The summed E-state index contributed by atoms with van der Waals surface area (Å²) >= 11 is 0. The lowest BCUT2D eigenvalue weighted by molar-refractivity contribution is -0.132. The number of amides is 1. The number of carbonyl (C=O) groups excluding carboxylic acids is 1. The third kappa shape index (κ3) is 4.02. The molecule has 1 aromatic rings. The van der Waals surface area contributed by atoms with Gasteiger partial charge in [-0.15, -0.1) is 0 Å². The van der Waals surface area contributed by atoms with E-state index in [1.54, 1.807) is 11.9 Å². The molecular formula is C16H20F2N2O2. The molecule has 2 rings (SSSR count). The first kappa shape index (κ1) is 16.4. The van der Waals surface area contributed by atoms with Crippen LogP contribution in [0.4, 0.5) is 8.78 Å². The van der Waals surface area contributed by atoms with Gasteiger partial charge in [0.15, 0.2) is 0 Å². The summed E-state index contributed by atoms with van der Waals surface area (Å²) < 4.78 is 26.6. The first-order chi connectivity index (χ1) is 10.4. The Hall–Kier alpha value is -1.98. The Kier molecular flexibility index (Phi) is 5.11. The van der Waals surface area contributed by atoms with Gasteiger partial charge in [-0.3, -0.25) is 4.79 Å². The Morgan fingerprint density at radius 3 is 2.82 bits per heavy atom. The van der Waals surface area contributed by atoms with E-state index in [0.29, 0.717) is 24.6 Å². The molecule has 1 atom stereocenters. The van der Waals surface area contributed by atoms with Crippen LogP contribution < -0.4 is 0 Å². The fourth-order valence-corrected chi connectivity index (χ4v) is 2.42. The van der Waals surface area contributed by atoms with Crippen molar-refractivity contribution in [2.75, 3.05) is 13.6 Å². The van der Waals surface area contributed by atoms with Crippen LogP contribution in [0.1, 0.15) is 32.3 Å². The first-order valence-electron chi connectivity index (χ1n) is 7.29. The molecule has 0 aliphatic carbocycles. The summed E-state index contributed by atoms with van der Waals surface area (Å²) in [5.74, 6) is -0.956. The van der Waals surface area contributed by atoms with Crippen molar-refractivity contribution in [3.05, 3.63) is 35.4 Å². The van der Waals surface area contributed by atoms with E-state index in [1.807, 2.05) is 13.8 Å². The van der Waals surface area contributed by atoms with Gasteiger partial charge in [-0.2, -0.15) is 0 Å². The van der Waals surface area contributed by atoms with Crippen LogP contribution >= 0.6 is 0 Å². The molecule has 22 heavy (non-hydrogen) atoms. The average Bonchev–Trinajstić information content (AvgIpc) is 2.86. The van der Waals surface area contributed by atoms with Crippen molar-refractivity contribution in [1.82, 2.24) is 4.90 Å². The van der Waals surface area contributed by atoms with Crippen LogP contribution in [0.3, 0.4) is 0 Å². The maximum absolute atomic E-state index is 13.7. The minimum atomic E-state index is -0.675. The molecule has 1 aliphatic heterocycles. The highest BCUT2D eigenvalue weighted by molar-refractivity contribution is 6.01. The third-order valence-electron chi connectivity index (χ3n) is 3.44. The fourth-order valence-electron chi connectivity index (χ4n) is 2.42. The van der Waals surface area contributed by atoms with Crippen LogP contribution in [0.25, 0.3) is 0 Å². The lowest BCUT2D eigenvalue weighted by Crippen LogP contribution is -2.32. The second-order valence-corrected chi connectivity index (χ2v) is 5.97. The van der Waals surface area contributed by atoms with Crippen LogP contribution in [-0.2, 0) is 9.63 Å². The monoisotopic (exact) mass is 310 g/mol. The highest BCUT2D eigenvalue weighted by Crippen LogP contribution is 2.22. The van der Waals surface area contributed by atoms with Crippen LogP contribution in [0.5, 0.6) is 0 Å². The lowest BCUT2D eigenvalue weighted by Gasteiger charge is -2.20. The van der Waals surface area contributed by atoms with Gasteiger partial charge in [0.05, 0.1) is 12.1 Å². The van der Waals surface area contributed by atoms with Crippen molar-refractivity contribution < 1.29 is 18.4 Å². The highest BCUT2D eigenvalue weighted by Gasteiger charge is 2.27. The zero-order valence-corrected chi connectivity index (χ0v) is 13.0. The van der Waals surface area contributed by atoms with Crippen LogP contribution in [0.15, 0.2) is 23.4 Å². The van der Waals surface area contributed by atoms with Gasteiger partial charge in [-0.1, -0.05) is 19.0 Å².